The Bertz CT molecular complexity index is 1310. The molecule has 0 fully saturated rings. The van der Waals surface area contributed by atoms with Crippen LogP contribution in [-0.4, -0.2) is 15.9 Å². The van der Waals surface area contributed by atoms with E-state index in [1.807, 2.05) is 6.92 Å². The summed E-state index contributed by atoms with van der Waals surface area (Å²) in [6, 6.07) is 11.4. The molecular weight excluding hydrogens is 362 g/mol. The second-order valence-corrected chi connectivity index (χ2v) is 7.44. The van der Waals surface area contributed by atoms with E-state index < -0.39 is 0 Å². The Morgan fingerprint density at radius 3 is 2.63 bits per heavy atom. The average molecular weight is 377 g/mol. The average Bonchev–Trinajstić information content (AvgIpc) is 3.06. The van der Waals surface area contributed by atoms with Gasteiger partial charge in [-0.3, -0.25) is 14.4 Å². The highest BCUT2D eigenvalue weighted by atomic mass is 32.1. The van der Waals surface area contributed by atoms with Gasteiger partial charge in [-0.15, -0.1) is 11.3 Å². The Kier molecular flexibility index (Phi) is 4.29. The van der Waals surface area contributed by atoms with Crippen molar-refractivity contribution in [2.24, 2.45) is 0 Å². The number of hydrogen-bond donors (Lipinski definition) is 2. The van der Waals surface area contributed by atoms with Crippen LogP contribution >= 0.6 is 11.3 Å². The molecule has 0 unspecified atom stereocenters. The van der Waals surface area contributed by atoms with Crippen molar-refractivity contribution in [3.63, 3.8) is 0 Å². The minimum absolute atomic E-state index is 0.244. The van der Waals surface area contributed by atoms with Gasteiger partial charge in [-0.2, -0.15) is 0 Å². The molecule has 2 aromatic heterocycles. The van der Waals surface area contributed by atoms with Crippen LogP contribution in [-0.2, 0) is 6.54 Å². The first kappa shape index (κ1) is 17.1. The number of nitrogens with zero attached hydrogens (tertiary/aromatic N) is 1. The fourth-order valence-electron chi connectivity index (χ4n) is 2.96. The number of aromatic amines is 1. The molecule has 0 aliphatic rings. The van der Waals surface area contributed by atoms with Gasteiger partial charge in [0.15, 0.2) is 5.43 Å². The van der Waals surface area contributed by atoms with Crippen LogP contribution in [0.4, 0.5) is 0 Å². The molecule has 6 nitrogen and oxygen atoms in total. The van der Waals surface area contributed by atoms with Crippen molar-refractivity contribution in [1.29, 1.82) is 0 Å². The van der Waals surface area contributed by atoms with E-state index in [1.54, 1.807) is 42.6 Å². The fraction of sp³-hybridized carbons (Fsp3) is 0.100. The molecule has 2 heterocycles. The van der Waals surface area contributed by atoms with Crippen molar-refractivity contribution >= 4 is 38.9 Å². The van der Waals surface area contributed by atoms with Crippen molar-refractivity contribution < 1.29 is 4.79 Å². The van der Waals surface area contributed by atoms with Crippen LogP contribution in [0.5, 0.6) is 0 Å². The van der Waals surface area contributed by atoms with Gasteiger partial charge in [0, 0.05) is 27.4 Å². The third kappa shape index (κ3) is 3.24. The summed E-state index contributed by atoms with van der Waals surface area (Å²) in [6.07, 6.45) is 1.73. The Balaban J connectivity index is 1.76. The van der Waals surface area contributed by atoms with Crippen molar-refractivity contribution in [3.8, 4) is 0 Å². The zero-order valence-electron chi connectivity index (χ0n) is 14.4. The zero-order chi connectivity index (χ0) is 19.0. The van der Waals surface area contributed by atoms with Gasteiger partial charge in [-0.1, -0.05) is 18.2 Å². The molecular formula is C20H15N3O3S. The summed E-state index contributed by atoms with van der Waals surface area (Å²) in [4.78, 5) is 45.5. The van der Waals surface area contributed by atoms with E-state index in [4.69, 9.17) is 0 Å². The highest BCUT2D eigenvalue weighted by Crippen LogP contribution is 2.14. The van der Waals surface area contributed by atoms with Gasteiger partial charge in [0.05, 0.1) is 22.5 Å². The lowest BCUT2D eigenvalue weighted by molar-refractivity contribution is 0.0951. The van der Waals surface area contributed by atoms with E-state index in [2.05, 4.69) is 15.3 Å². The summed E-state index contributed by atoms with van der Waals surface area (Å²) < 4.78 is 0. The maximum absolute atomic E-state index is 12.8. The molecule has 0 atom stereocenters. The quantitative estimate of drug-likeness (QED) is 0.574. The predicted molar refractivity (Wildman–Crippen MR) is 106 cm³/mol. The monoisotopic (exact) mass is 377 g/mol. The fourth-order valence-corrected chi connectivity index (χ4v) is 3.69. The molecule has 0 spiro atoms. The highest BCUT2D eigenvalue weighted by molar-refractivity contribution is 7.11. The van der Waals surface area contributed by atoms with Gasteiger partial charge >= 0.3 is 0 Å². The molecule has 7 heteroatoms. The SMILES string of the molecule is Cc1ncc(CNC(=O)c2ccc3c(=O)c4ccccc4c(=O)[nH]c3c2)s1. The number of aryl methyl sites for hydroxylation is 1. The number of rotatable bonds is 3. The summed E-state index contributed by atoms with van der Waals surface area (Å²) in [6.45, 7) is 2.28. The number of fused-ring (bicyclic) bond motifs is 2. The summed E-state index contributed by atoms with van der Waals surface area (Å²) in [7, 11) is 0. The Labute approximate surface area is 157 Å². The molecule has 0 saturated carbocycles. The normalized spacial score (nSPS) is 11.0. The molecule has 0 aliphatic heterocycles. The second-order valence-electron chi connectivity index (χ2n) is 6.12. The van der Waals surface area contributed by atoms with Crippen LogP contribution in [0.3, 0.4) is 0 Å². The van der Waals surface area contributed by atoms with Crippen molar-refractivity contribution in [2.75, 3.05) is 0 Å². The number of hydrogen-bond acceptors (Lipinski definition) is 5. The number of amides is 1. The summed E-state index contributed by atoms with van der Waals surface area (Å²) in [5.41, 5.74) is 0.0953. The van der Waals surface area contributed by atoms with Crippen LogP contribution in [0, 0.1) is 6.92 Å². The van der Waals surface area contributed by atoms with Gasteiger partial charge in [0.1, 0.15) is 0 Å². The van der Waals surface area contributed by atoms with Gasteiger partial charge in [0.25, 0.3) is 11.5 Å². The Morgan fingerprint density at radius 1 is 1.11 bits per heavy atom. The lowest BCUT2D eigenvalue weighted by Gasteiger charge is -2.04. The Morgan fingerprint density at radius 2 is 1.89 bits per heavy atom. The van der Waals surface area contributed by atoms with Crippen LogP contribution in [0.25, 0.3) is 21.7 Å². The number of carbonyl (C=O) groups excluding carboxylic acids is 1. The minimum Gasteiger partial charge on any atom is -0.347 e. The topological polar surface area (TPSA) is 91.9 Å². The van der Waals surface area contributed by atoms with Crippen molar-refractivity contribution in [2.45, 2.75) is 13.5 Å². The van der Waals surface area contributed by atoms with Crippen LogP contribution in [0.2, 0.25) is 0 Å². The number of thiazole rings is 1. The van der Waals surface area contributed by atoms with Gasteiger partial charge < -0.3 is 10.3 Å². The molecule has 0 bridgehead atoms. The smallest absolute Gasteiger partial charge is 0.256 e. The third-order valence-corrected chi connectivity index (χ3v) is 5.20. The first-order valence-electron chi connectivity index (χ1n) is 8.31. The standard InChI is InChI=1S/C20H15N3O3S/c1-11-21-9-13(27-11)10-22-19(25)12-6-7-16-17(8-12)23-20(26)15-5-3-2-4-14(15)18(16)24/h2-9H,10H2,1H3,(H,22,25)(H,23,26). The lowest BCUT2D eigenvalue weighted by atomic mass is 10.1. The van der Waals surface area contributed by atoms with Gasteiger partial charge in [-0.25, -0.2) is 4.98 Å². The number of H-pyrrole nitrogens is 1. The van der Waals surface area contributed by atoms with E-state index in [0.717, 1.165) is 9.88 Å². The van der Waals surface area contributed by atoms with Gasteiger partial charge in [-0.05, 0) is 31.2 Å². The predicted octanol–water partition coefficient (Wildman–Crippen LogP) is 2.74. The summed E-state index contributed by atoms with van der Waals surface area (Å²) in [5.74, 6) is -0.285. The lowest BCUT2D eigenvalue weighted by Crippen LogP contribution is -2.22. The number of nitrogens with one attached hydrogen (secondary N) is 2. The van der Waals surface area contributed by atoms with Gasteiger partial charge in [0.2, 0.25) is 0 Å². The Hall–Kier alpha value is -3.32. The summed E-state index contributed by atoms with van der Waals surface area (Å²) in [5, 5.41) is 4.80. The third-order valence-electron chi connectivity index (χ3n) is 4.28. The summed E-state index contributed by atoms with van der Waals surface area (Å²) >= 11 is 1.52. The first-order chi connectivity index (χ1) is 13.0. The molecule has 0 aliphatic carbocycles. The molecule has 0 radical (unpaired) electrons. The molecule has 4 aromatic rings. The maximum Gasteiger partial charge on any atom is 0.256 e. The van der Waals surface area contributed by atoms with E-state index in [0.29, 0.717) is 33.8 Å². The molecule has 134 valence electrons. The second kappa shape index (κ2) is 6.77. The van der Waals surface area contributed by atoms with Crippen molar-refractivity contribution in [1.82, 2.24) is 15.3 Å². The maximum atomic E-state index is 12.8. The molecule has 4 rings (SSSR count). The van der Waals surface area contributed by atoms with Crippen LogP contribution in [0.15, 0.2) is 58.3 Å². The van der Waals surface area contributed by atoms with E-state index in [-0.39, 0.29) is 16.9 Å². The molecule has 2 N–H and O–H groups in total. The largest absolute Gasteiger partial charge is 0.347 e. The van der Waals surface area contributed by atoms with Crippen LogP contribution in [0.1, 0.15) is 20.2 Å². The molecule has 1 amide bonds. The van der Waals surface area contributed by atoms with Crippen LogP contribution < -0.4 is 16.3 Å². The van der Waals surface area contributed by atoms with E-state index in [1.165, 1.54) is 17.4 Å². The molecule has 0 saturated heterocycles. The first-order valence-corrected chi connectivity index (χ1v) is 9.13. The van der Waals surface area contributed by atoms with Crippen molar-refractivity contribution in [3.05, 3.63) is 84.7 Å². The zero-order valence-corrected chi connectivity index (χ0v) is 15.2. The number of benzene rings is 2. The molecule has 27 heavy (non-hydrogen) atoms. The highest BCUT2D eigenvalue weighted by Gasteiger charge is 2.10. The number of aromatic nitrogens is 2. The van der Waals surface area contributed by atoms with E-state index >= 15 is 0 Å². The minimum atomic E-state index is -0.365. The number of carbonyl (C=O) groups is 1. The molecule has 2 aromatic carbocycles. The van der Waals surface area contributed by atoms with E-state index in [9.17, 15) is 14.4 Å².